The van der Waals surface area contributed by atoms with Gasteiger partial charge >= 0.3 is 0 Å². The van der Waals surface area contributed by atoms with Crippen LogP contribution in [0.2, 0.25) is 0 Å². The number of hydrogen-bond acceptors (Lipinski definition) is 2. The van der Waals surface area contributed by atoms with Gasteiger partial charge in [0.1, 0.15) is 0 Å². The van der Waals surface area contributed by atoms with Gasteiger partial charge in [-0.2, -0.15) is 0 Å². The van der Waals surface area contributed by atoms with E-state index in [1.807, 2.05) is 0 Å². The van der Waals surface area contributed by atoms with Crippen molar-refractivity contribution >= 4 is 0 Å². The highest BCUT2D eigenvalue weighted by Crippen LogP contribution is 2.34. The fourth-order valence-corrected chi connectivity index (χ4v) is 3.27. The van der Waals surface area contributed by atoms with Gasteiger partial charge in [0, 0.05) is 18.1 Å². The van der Waals surface area contributed by atoms with E-state index in [0.29, 0.717) is 0 Å². The second-order valence-corrected chi connectivity index (χ2v) is 6.31. The van der Waals surface area contributed by atoms with E-state index < -0.39 is 0 Å². The second kappa shape index (κ2) is 6.19. The number of likely N-dealkylation sites (N-methyl/N-ethyl adjacent to an activating group) is 1. The summed E-state index contributed by atoms with van der Waals surface area (Å²) in [6.07, 6.45) is 8.51. The van der Waals surface area contributed by atoms with Crippen molar-refractivity contribution in [2.45, 2.75) is 77.4 Å². The summed E-state index contributed by atoms with van der Waals surface area (Å²) < 4.78 is 0. The minimum Gasteiger partial charge on any atom is -0.313 e. The van der Waals surface area contributed by atoms with Gasteiger partial charge in [0.05, 0.1) is 0 Å². The maximum atomic E-state index is 3.70. The van der Waals surface area contributed by atoms with Crippen LogP contribution in [0.15, 0.2) is 0 Å². The molecule has 0 amide bonds. The van der Waals surface area contributed by atoms with Crippen LogP contribution in [0.4, 0.5) is 0 Å². The van der Waals surface area contributed by atoms with Gasteiger partial charge in [-0.25, -0.2) is 0 Å². The predicted molar refractivity (Wildman–Crippen MR) is 74.3 cm³/mol. The van der Waals surface area contributed by atoms with Gasteiger partial charge in [-0.05, 0) is 51.1 Å². The van der Waals surface area contributed by atoms with E-state index in [9.17, 15) is 0 Å². The number of nitrogens with zero attached hydrogens (tertiary/aromatic N) is 1. The van der Waals surface area contributed by atoms with Gasteiger partial charge in [0.15, 0.2) is 0 Å². The minimum absolute atomic E-state index is 0.771. The first-order valence-corrected chi connectivity index (χ1v) is 7.71. The Hall–Kier alpha value is -0.0800. The normalized spacial score (nSPS) is 29.5. The lowest BCUT2D eigenvalue weighted by molar-refractivity contribution is 0.155. The van der Waals surface area contributed by atoms with Crippen LogP contribution in [-0.4, -0.2) is 36.1 Å². The summed E-state index contributed by atoms with van der Waals surface area (Å²) in [5.74, 6) is 0.843. The van der Waals surface area contributed by atoms with Crippen molar-refractivity contribution in [3.05, 3.63) is 0 Å². The van der Waals surface area contributed by atoms with Crippen molar-refractivity contribution in [1.29, 1.82) is 0 Å². The third-order valence-electron chi connectivity index (χ3n) is 4.35. The summed E-state index contributed by atoms with van der Waals surface area (Å²) in [6.45, 7) is 9.40. The summed E-state index contributed by atoms with van der Waals surface area (Å²) in [6, 6.07) is 2.53. The molecule has 2 aliphatic rings. The Morgan fingerprint density at radius 3 is 2.53 bits per heavy atom. The third kappa shape index (κ3) is 3.69. The maximum Gasteiger partial charge on any atom is 0.0252 e. The molecule has 2 heteroatoms. The Labute approximate surface area is 107 Å². The van der Waals surface area contributed by atoms with Crippen molar-refractivity contribution < 1.29 is 0 Å². The molecule has 2 nitrogen and oxygen atoms in total. The van der Waals surface area contributed by atoms with E-state index in [1.165, 1.54) is 45.1 Å². The molecule has 0 saturated heterocycles. The topological polar surface area (TPSA) is 15.3 Å². The summed E-state index contributed by atoms with van der Waals surface area (Å²) in [7, 11) is 0. The van der Waals surface area contributed by atoms with Gasteiger partial charge in [0.25, 0.3) is 0 Å². The lowest BCUT2D eigenvalue weighted by Gasteiger charge is -2.34. The van der Waals surface area contributed by atoms with Crippen molar-refractivity contribution in [3.8, 4) is 0 Å². The standard InChI is InChI=1S/C15H30N2/c1-4-16-14-6-5-7-15(14)17(13-8-9-13)11-10-12(2)3/h12-16H,4-11H2,1-3H3. The molecule has 1 N–H and O–H groups in total. The lowest BCUT2D eigenvalue weighted by atomic mass is 10.1. The van der Waals surface area contributed by atoms with Gasteiger partial charge in [0.2, 0.25) is 0 Å². The highest BCUT2D eigenvalue weighted by atomic mass is 15.2. The average molecular weight is 238 g/mol. The molecule has 0 aromatic heterocycles. The van der Waals surface area contributed by atoms with E-state index in [1.54, 1.807) is 0 Å². The lowest BCUT2D eigenvalue weighted by Crippen LogP contribution is -2.48. The molecular formula is C15H30N2. The van der Waals surface area contributed by atoms with Crippen LogP contribution in [0.5, 0.6) is 0 Å². The molecule has 17 heavy (non-hydrogen) atoms. The van der Waals surface area contributed by atoms with Crippen molar-refractivity contribution in [3.63, 3.8) is 0 Å². The summed E-state index contributed by atoms with van der Waals surface area (Å²) >= 11 is 0. The second-order valence-electron chi connectivity index (χ2n) is 6.31. The van der Waals surface area contributed by atoms with E-state index in [2.05, 4.69) is 31.0 Å². The number of nitrogens with one attached hydrogen (secondary N) is 1. The smallest absolute Gasteiger partial charge is 0.0252 e. The molecule has 2 rings (SSSR count). The van der Waals surface area contributed by atoms with Crippen LogP contribution in [0.1, 0.15) is 59.3 Å². The molecule has 0 aromatic rings. The molecular weight excluding hydrogens is 208 g/mol. The molecule has 2 saturated carbocycles. The molecule has 0 heterocycles. The van der Waals surface area contributed by atoms with Crippen molar-refractivity contribution in [2.24, 2.45) is 5.92 Å². The van der Waals surface area contributed by atoms with E-state index >= 15 is 0 Å². The zero-order valence-corrected chi connectivity index (χ0v) is 11.9. The zero-order valence-electron chi connectivity index (χ0n) is 11.9. The third-order valence-corrected chi connectivity index (χ3v) is 4.35. The maximum absolute atomic E-state index is 3.70. The number of hydrogen-bond donors (Lipinski definition) is 1. The first kappa shape index (κ1) is 13.4. The van der Waals surface area contributed by atoms with Gasteiger partial charge < -0.3 is 5.32 Å². The Balaban J connectivity index is 1.89. The summed E-state index contributed by atoms with van der Waals surface area (Å²) in [5, 5.41) is 3.70. The summed E-state index contributed by atoms with van der Waals surface area (Å²) in [4.78, 5) is 2.85. The van der Waals surface area contributed by atoms with Crippen LogP contribution in [-0.2, 0) is 0 Å². The predicted octanol–water partition coefficient (Wildman–Crippen LogP) is 3.03. The quantitative estimate of drug-likeness (QED) is 0.733. The van der Waals surface area contributed by atoms with Crippen LogP contribution < -0.4 is 5.32 Å². The fraction of sp³-hybridized carbons (Fsp3) is 1.00. The first-order chi connectivity index (χ1) is 8.22. The Bertz CT molecular complexity index is 223. The number of rotatable bonds is 7. The molecule has 0 spiro atoms. The van der Waals surface area contributed by atoms with E-state index in [4.69, 9.17) is 0 Å². The van der Waals surface area contributed by atoms with Crippen LogP contribution in [0.25, 0.3) is 0 Å². The van der Waals surface area contributed by atoms with Gasteiger partial charge in [-0.3, -0.25) is 4.90 Å². The Kier molecular flexibility index (Phi) is 4.87. The molecule has 2 aliphatic carbocycles. The van der Waals surface area contributed by atoms with Crippen molar-refractivity contribution in [1.82, 2.24) is 10.2 Å². The zero-order chi connectivity index (χ0) is 12.3. The molecule has 2 unspecified atom stereocenters. The fourth-order valence-electron chi connectivity index (χ4n) is 3.27. The molecule has 0 bridgehead atoms. The van der Waals surface area contributed by atoms with Gasteiger partial charge in [-0.15, -0.1) is 0 Å². The molecule has 0 aliphatic heterocycles. The van der Waals surface area contributed by atoms with Crippen molar-refractivity contribution in [2.75, 3.05) is 13.1 Å². The molecule has 2 fully saturated rings. The molecule has 2 atom stereocenters. The molecule has 0 aromatic carbocycles. The van der Waals surface area contributed by atoms with E-state index in [0.717, 1.165) is 30.6 Å². The van der Waals surface area contributed by atoms with Crippen LogP contribution in [0.3, 0.4) is 0 Å². The average Bonchev–Trinajstić information content (AvgIpc) is 3.01. The minimum atomic E-state index is 0.771. The SMILES string of the molecule is CCNC1CCCC1N(CCC(C)C)C1CC1. The molecule has 0 radical (unpaired) electrons. The molecule has 100 valence electrons. The van der Waals surface area contributed by atoms with E-state index in [-0.39, 0.29) is 0 Å². The largest absolute Gasteiger partial charge is 0.313 e. The van der Waals surface area contributed by atoms with Crippen LogP contribution in [0, 0.1) is 5.92 Å². The highest BCUT2D eigenvalue weighted by molar-refractivity contribution is 4.96. The monoisotopic (exact) mass is 238 g/mol. The first-order valence-electron chi connectivity index (χ1n) is 7.71. The van der Waals surface area contributed by atoms with Gasteiger partial charge in [-0.1, -0.05) is 27.2 Å². The van der Waals surface area contributed by atoms with Crippen LogP contribution >= 0.6 is 0 Å². The summed E-state index contributed by atoms with van der Waals surface area (Å²) in [5.41, 5.74) is 0. The highest BCUT2D eigenvalue weighted by Gasteiger charge is 2.38. The Morgan fingerprint density at radius 2 is 1.94 bits per heavy atom. The Morgan fingerprint density at radius 1 is 1.18 bits per heavy atom.